The summed E-state index contributed by atoms with van der Waals surface area (Å²) >= 11 is 0. The van der Waals surface area contributed by atoms with Crippen LogP contribution in [-0.2, 0) is 4.79 Å². The van der Waals surface area contributed by atoms with Crippen molar-refractivity contribution in [3.05, 3.63) is 72.8 Å². The second-order valence-electron chi connectivity index (χ2n) is 5.22. The number of carboxylic acid groups (broad SMARTS) is 1. The molecule has 7 heteroatoms. The second kappa shape index (κ2) is 10.6. The Labute approximate surface area is 147 Å². The van der Waals surface area contributed by atoms with E-state index in [1.807, 2.05) is 79.8 Å². The highest BCUT2D eigenvalue weighted by atomic mass is 16.4. The van der Waals surface area contributed by atoms with Gasteiger partial charge in [0, 0.05) is 19.7 Å². The van der Waals surface area contributed by atoms with Crippen LogP contribution in [0.15, 0.2) is 83.2 Å². The molecule has 2 rings (SSSR count). The summed E-state index contributed by atoms with van der Waals surface area (Å²) in [7, 11) is 3.86. The lowest BCUT2D eigenvalue weighted by Crippen LogP contribution is -2.44. The molecule has 2 aromatic carbocycles. The van der Waals surface area contributed by atoms with Crippen LogP contribution >= 0.6 is 0 Å². The Morgan fingerprint density at radius 1 is 1.04 bits per heavy atom. The number of aliphatic carboxylic acids is 1. The van der Waals surface area contributed by atoms with Crippen molar-refractivity contribution >= 4 is 17.3 Å². The Balaban J connectivity index is 0.000000450. The van der Waals surface area contributed by atoms with Gasteiger partial charge in [-0.1, -0.05) is 48.2 Å². The first-order valence-electron chi connectivity index (χ1n) is 7.54. The first-order valence-corrected chi connectivity index (χ1v) is 7.54. The summed E-state index contributed by atoms with van der Waals surface area (Å²) in [5, 5.41) is 19.7. The van der Waals surface area contributed by atoms with E-state index in [4.69, 9.17) is 5.11 Å². The molecule has 0 heterocycles. The van der Waals surface area contributed by atoms with Crippen LogP contribution in [0.5, 0.6) is 0 Å². The van der Waals surface area contributed by atoms with E-state index in [0.29, 0.717) is 0 Å². The normalized spacial score (nSPS) is 10.1. The first-order chi connectivity index (χ1) is 11.9. The number of nitrogens with one attached hydrogen (secondary N) is 1. The third kappa shape index (κ3) is 7.76. The number of rotatable bonds is 6. The number of anilines is 1. The maximum absolute atomic E-state index is 9.60. The van der Waals surface area contributed by atoms with Crippen molar-refractivity contribution in [3.8, 4) is 0 Å². The molecule has 0 unspecified atom stereocenters. The van der Waals surface area contributed by atoms with Crippen molar-refractivity contribution in [2.45, 2.75) is 6.92 Å². The third-order valence-corrected chi connectivity index (χ3v) is 2.83. The van der Waals surface area contributed by atoms with E-state index in [1.165, 1.54) is 6.92 Å². The average molecular weight is 341 g/mol. The summed E-state index contributed by atoms with van der Waals surface area (Å²) in [5.41, 5.74) is 4.87. The molecule has 2 N–H and O–H groups in total. The molecule has 0 radical (unpaired) electrons. The fourth-order valence-corrected chi connectivity index (χ4v) is 1.56. The van der Waals surface area contributed by atoms with E-state index >= 15 is 0 Å². The Morgan fingerprint density at radius 2 is 1.52 bits per heavy atom. The number of hydrogen-bond donors (Lipinski definition) is 2. The predicted molar refractivity (Wildman–Crippen MR) is 99.2 cm³/mol. The van der Waals surface area contributed by atoms with Crippen molar-refractivity contribution in [1.82, 2.24) is 10.5 Å². The number of carbonyl (C=O) groups is 1. The van der Waals surface area contributed by atoms with E-state index < -0.39 is 5.97 Å². The molecule has 0 aliphatic carbocycles. The van der Waals surface area contributed by atoms with Gasteiger partial charge in [0.25, 0.3) is 0 Å². The minimum absolute atomic E-state index is 0.176. The zero-order valence-electron chi connectivity index (χ0n) is 14.6. The van der Waals surface area contributed by atoms with E-state index in [2.05, 4.69) is 22.5 Å². The number of hydrazine groups is 2. The average Bonchev–Trinajstić information content (AvgIpc) is 2.60. The van der Waals surface area contributed by atoms with Gasteiger partial charge in [0.1, 0.15) is 0 Å². The number of nitrogens with zero attached hydrogens (tertiary/aromatic N) is 4. The molecule has 0 fully saturated rings. The van der Waals surface area contributed by atoms with Crippen molar-refractivity contribution in [2.75, 3.05) is 19.2 Å². The molecule has 0 bridgehead atoms. The molecule has 0 aliphatic heterocycles. The number of benzene rings is 2. The molecule has 0 saturated heterocycles. The molecule has 0 aromatic heterocycles. The molecule has 7 nitrogen and oxygen atoms in total. The molecular formula is C18H23N5O2. The first kappa shape index (κ1) is 19.9. The Morgan fingerprint density at radius 3 is 1.96 bits per heavy atom. The topological polar surface area (TPSA) is 80.5 Å². The van der Waals surface area contributed by atoms with Gasteiger partial charge in [0.05, 0.1) is 11.4 Å². The van der Waals surface area contributed by atoms with Gasteiger partial charge in [0.2, 0.25) is 0 Å². The molecule has 0 atom stereocenters. The maximum atomic E-state index is 9.60. The van der Waals surface area contributed by atoms with E-state index in [9.17, 15) is 4.79 Å². The molecule has 2 aromatic rings. The summed E-state index contributed by atoms with van der Waals surface area (Å²) in [4.78, 5) is 9.60. The van der Waals surface area contributed by atoms with E-state index in [-0.39, 0.29) is 5.57 Å². The van der Waals surface area contributed by atoms with Crippen LogP contribution in [0, 0.1) is 0 Å². The summed E-state index contributed by atoms with van der Waals surface area (Å²) < 4.78 is 0. The van der Waals surface area contributed by atoms with Gasteiger partial charge >= 0.3 is 5.97 Å². The van der Waals surface area contributed by atoms with Gasteiger partial charge < -0.3 is 5.11 Å². The van der Waals surface area contributed by atoms with Crippen LogP contribution in [0.3, 0.4) is 0 Å². The Hall–Kier alpha value is -3.19. The maximum Gasteiger partial charge on any atom is 0.330 e. The predicted octanol–water partition coefficient (Wildman–Crippen LogP) is 3.82. The highest BCUT2D eigenvalue weighted by Gasteiger charge is 2.06. The van der Waals surface area contributed by atoms with Gasteiger partial charge in [-0.2, -0.15) is 5.53 Å². The van der Waals surface area contributed by atoms with Crippen LogP contribution in [0.25, 0.3) is 0 Å². The molecule has 132 valence electrons. The Kier molecular flexibility index (Phi) is 8.39. The van der Waals surface area contributed by atoms with Crippen LogP contribution in [-0.4, -0.2) is 30.2 Å². The van der Waals surface area contributed by atoms with Crippen LogP contribution < -0.4 is 10.7 Å². The SMILES string of the molecule is C=C(C)C(=O)O.CN(C)N(NN=Nc1ccccc1)c1ccccc1. The van der Waals surface area contributed by atoms with Gasteiger partial charge in [0.15, 0.2) is 0 Å². The molecule has 0 saturated carbocycles. The van der Waals surface area contributed by atoms with E-state index in [0.717, 1.165) is 11.4 Å². The van der Waals surface area contributed by atoms with Crippen molar-refractivity contribution < 1.29 is 9.90 Å². The third-order valence-electron chi connectivity index (χ3n) is 2.83. The van der Waals surface area contributed by atoms with Gasteiger partial charge in [-0.25, -0.2) is 14.9 Å². The van der Waals surface area contributed by atoms with Crippen molar-refractivity contribution in [2.24, 2.45) is 10.3 Å². The van der Waals surface area contributed by atoms with Gasteiger partial charge in [-0.15, -0.1) is 5.11 Å². The standard InChI is InChI=1S/C14H17N5.C4H6O2/c1-18(2)19(14-11-7-4-8-12-14)17-16-15-13-9-5-3-6-10-13;1-3(2)4(5)6/h3-12H,1-2H3,(H,15,17);1H2,2H3,(H,5,6). The van der Waals surface area contributed by atoms with Crippen molar-refractivity contribution in [1.29, 1.82) is 0 Å². The quantitative estimate of drug-likeness (QED) is 0.474. The van der Waals surface area contributed by atoms with Crippen molar-refractivity contribution in [3.63, 3.8) is 0 Å². The highest BCUT2D eigenvalue weighted by molar-refractivity contribution is 5.84. The zero-order valence-corrected chi connectivity index (χ0v) is 14.6. The number of carboxylic acids is 1. The minimum atomic E-state index is -0.935. The molecule has 0 spiro atoms. The lowest BCUT2D eigenvalue weighted by molar-refractivity contribution is -0.132. The lowest BCUT2D eigenvalue weighted by atomic mass is 10.3. The Bertz CT molecular complexity index is 675. The summed E-state index contributed by atoms with van der Waals surface area (Å²) in [5.74, 6) is -0.935. The van der Waals surface area contributed by atoms with Gasteiger partial charge in [-0.3, -0.25) is 0 Å². The highest BCUT2D eigenvalue weighted by Crippen LogP contribution is 2.13. The van der Waals surface area contributed by atoms with E-state index in [1.54, 1.807) is 5.12 Å². The summed E-state index contributed by atoms with van der Waals surface area (Å²) in [6.07, 6.45) is 0. The monoisotopic (exact) mass is 341 g/mol. The van der Waals surface area contributed by atoms with Gasteiger partial charge in [-0.05, 0) is 31.2 Å². The lowest BCUT2D eigenvalue weighted by Gasteiger charge is -2.28. The minimum Gasteiger partial charge on any atom is -0.478 e. The summed E-state index contributed by atoms with van der Waals surface area (Å²) in [6, 6.07) is 19.5. The smallest absolute Gasteiger partial charge is 0.330 e. The van der Waals surface area contributed by atoms with Crippen LogP contribution in [0.2, 0.25) is 0 Å². The molecule has 0 amide bonds. The molecular weight excluding hydrogens is 318 g/mol. The number of para-hydroxylation sites is 1. The molecule has 0 aliphatic rings. The van der Waals surface area contributed by atoms with Crippen LogP contribution in [0.4, 0.5) is 11.4 Å². The summed E-state index contributed by atoms with van der Waals surface area (Å²) in [6.45, 7) is 4.60. The second-order valence-corrected chi connectivity index (χ2v) is 5.22. The largest absolute Gasteiger partial charge is 0.478 e. The fourth-order valence-electron chi connectivity index (χ4n) is 1.56. The molecule has 25 heavy (non-hydrogen) atoms. The fraction of sp³-hybridized carbons (Fsp3) is 0.167. The van der Waals surface area contributed by atoms with Crippen LogP contribution in [0.1, 0.15) is 6.92 Å². The zero-order chi connectivity index (χ0) is 18.7. The number of hydrogen-bond acceptors (Lipinski definition) is 5.